The number of nitrogens with zero attached hydrogens (tertiary/aromatic N) is 2. The monoisotopic (exact) mass is 265 g/mol. The Bertz CT molecular complexity index is 204. The van der Waals surface area contributed by atoms with E-state index in [0.29, 0.717) is 6.17 Å². The predicted molar refractivity (Wildman–Crippen MR) is 72.8 cm³/mol. The minimum Gasteiger partial charge on any atom is -0.316 e. The van der Waals surface area contributed by atoms with E-state index in [1.165, 1.54) is 19.4 Å². The lowest BCUT2D eigenvalue weighted by Crippen LogP contribution is -2.32. The molecule has 0 aromatic carbocycles. The van der Waals surface area contributed by atoms with Crippen LogP contribution in [0.15, 0.2) is 0 Å². The normalized spacial score (nSPS) is 31.3. The van der Waals surface area contributed by atoms with Crippen molar-refractivity contribution in [1.82, 2.24) is 9.80 Å². The molecule has 5 heteroatoms. The van der Waals surface area contributed by atoms with E-state index in [9.17, 15) is 8.78 Å². The van der Waals surface area contributed by atoms with Crippen LogP contribution in [0.4, 0.5) is 8.78 Å². The van der Waals surface area contributed by atoms with Gasteiger partial charge in [-0.05, 0) is 40.4 Å². The maximum atomic E-state index is 12.4. The van der Waals surface area contributed by atoms with Gasteiger partial charge >= 0.3 is 0 Å². The minimum absolute atomic E-state index is 0.0174. The maximum Gasteiger partial charge on any atom is 0.262 e. The van der Waals surface area contributed by atoms with Gasteiger partial charge in [0.05, 0.1) is 12.7 Å². The fourth-order valence-electron chi connectivity index (χ4n) is 2.11. The highest BCUT2D eigenvalue weighted by atomic mass is 19.3. The molecule has 2 heterocycles. The van der Waals surface area contributed by atoms with Gasteiger partial charge in [0, 0.05) is 12.5 Å². The molecule has 2 atom stereocenters. The van der Waals surface area contributed by atoms with Crippen molar-refractivity contribution in [2.45, 2.75) is 58.2 Å². The molecule has 0 spiro atoms. The molecular formula is C13H29F2N3. The highest BCUT2D eigenvalue weighted by molar-refractivity contribution is 4.85. The average molecular weight is 265 g/mol. The van der Waals surface area contributed by atoms with E-state index in [1.54, 1.807) is 11.9 Å². The lowest BCUT2D eigenvalue weighted by atomic mass is 10.2. The van der Waals surface area contributed by atoms with Crippen LogP contribution in [0.25, 0.3) is 0 Å². The zero-order chi connectivity index (χ0) is 14.3. The Balaban J connectivity index is 0.000000289. The lowest BCUT2D eigenvalue weighted by molar-refractivity contribution is 0.0141. The summed E-state index contributed by atoms with van der Waals surface area (Å²) in [7, 11) is 3.79. The van der Waals surface area contributed by atoms with Crippen LogP contribution in [0.5, 0.6) is 0 Å². The molecule has 0 aliphatic carbocycles. The molecule has 110 valence electrons. The number of likely N-dealkylation sites (tertiary alicyclic amines) is 2. The van der Waals surface area contributed by atoms with E-state index in [1.807, 2.05) is 20.8 Å². The first-order chi connectivity index (χ1) is 8.32. The third-order valence-corrected chi connectivity index (χ3v) is 3.40. The van der Waals surface area contributed by atoms with E-state index in [0.717, 1.165) is 0 Å². The van der Waals surface area contributed by atoms with Gasteiger partial charge in [-0.25, -0.2) is 8.78 Å². The molecule has 2 aliphatic rings. The molecule has 2 aliphatic heterocycles. The van der Waals surface area contributed by atoms with Gasteiger partial charge < -0.3 is 5.73 Å². The molecule has 0 aromatic heterocycles. The topological polar surface area (TPSA) is 32.5 Å². The summed E-state index contributed by atoms with van der Waals surface area (Å²) >= 11 is 0. The van der Waals surface area contributed by atoms with Crippen molar-refractivity contribution in [3.8, 4) is 0 Å². The molecule has 3 nitrogen and oxygen atoms in total. The molecule has 2 saturated heterocycles. The molecule has 0 bridgehead atoms. The third-order valence-electron chi connectivity index (χ3n) is 3.40. The fraction of sp³-hybridized carbons (Fsp3) is 1.00. The van der Waals surface area contributed by atoms with E-state index < -0.39 is 5.92 Å². The van der Waals surface area contributed by atoms with Crippen LogP contribution in [0.2, 0.25) is 0 Å². The van der Waals surface area contributed by atoms with Gasteiger partial charge in [0.2, 0.25) is 0 Å². The van der Waals surface area contributed by atoms with Crippen molar-refractivity contribution in [1.29, 1.82) is 0 Å². The summed E-state index contributed by atoms with van der Waals surface area (Å²) in [5.74, 6) is -2.44. The zero-order valence-corrected chi connectivity index (χ0v) is 12.4. The summed E-state index contributed by atoms with van der Waals surface area (Å²) in [4.78, 5) is 3.86. The average Bonchev–Trinajstić information content (AvgIpc) is 2.75. The molecule has 2 fully saturated rings. The minimum atomic E-state index is -2.44. The zero-order valence-electron chi connectivity index (χ0n) is 12.4. The van der Waals surface area contributed by atoms with Gasteiger partial charge in [-0.3, -0.25) is 9.80 Å². The Morgan fingerprint density at radius 3 is 1.83 bits per heavy atom. The molecule has 0 saturated carbocycles. The first-order valence-corrected chi connectivity index (χ1v) is 6.86. The Labute approximate surface area is 110 Å². The number of hydrogen-bond donors (Lipinski definition) is 1. The Hall–Kier alpha value is -0.260. The van der Waals surface area contributed by atoms with E-state index in [2.05, 4.69) is 11.9 Å². The predicted octanol–water partition coefficient (Wildman–Crippen LogP) is 2.37. The molecule has 18 heavy (non-hydrogen) atoms. The fourth-order valence-corrected chi connectivity index (χ4v) is 2.11. The highest BCUT2D eigenvalue weighted by Gasteiger charge is 2.40. The largest absolute Gasteiger partial charge is 0.316 e. The molecular weight excluding hydrogens is 236 g/mol. The second-order valence-corrected chi connectivity index (χ2v) is 5.01. The van der Waals surface area contributed by atoms with Crippen LogP contribution in [-0.2, 0) is 0 Å². The number of halogens is 2. The van der Waals surface area contributed by atoms with Crippen LogP contribution in [0.1, 0.15) is 40.0 Å². The van der Waals surface area contributed by atoms with Crippen molar-refractivity contribution >= 4 is 0 Å². The van der Waals surface area contributed by atoms with Gasteiger partial charge in [-0.15, -0.1) is 0 Å². The summed E-state index contributed by atoms with van der Waals surface area (Å²) < 4.78 is 24.8. The van der Waals surface area contributed by atoms with E-state index in [-0.39, 0.29) is 19.0 Å². The first kappa shape index (κ1) is 17.7. The smallest absolute Gasteiger partial charge is 0.262 e. The molecule has 2 N–H and O–H groups in total. The van der Waals surface area contributed by atoms with Crippen LogP contribution < -0.4 is 5.73 Å². The summed E-state index contributed by atoms with van der Waals surface area (Å²) in [6.45, 7) is 6.93. The van der Waals surface area contributed by atoms with Crippen molar-refractivity contribution in [2.75, 3.05) is 27.2 Å². The van der Waals surface area contributed by atoms with Crippen LogP contribution >= 0.6 is 0 Å². The summed E-state index contributed by atoms with van der Waals surface area (Å²) in [5.41, 5.74) is 5.60. The number of rotatable bonds is 0. The van der Waals surface area contributed by atoms with Gasteiger partial charge in [-0.1, -0.05) is 13.8 Å². The molecule has 0 aromatic rings. The van der Waals surface area contributed by atoms with E-state index in [4.69, 9.17) is 5.73 Å². The number of hydrogen-bond acceptors (Lipinski definition) is 3. The maximum absolute atomic E-state index is 12.4. The molecule has 0 amide bonds. The Morgan fingerprint density at radius 2 is 1.72 bits per heavy atom. The van der Waals surface area contributed by atoms with Gasteiger partial charge in [-0.2, -0.15) is 0 Å². The SMILES string of the molecule is CC.CN1CCC[C@H]1N.C[C@@H]1CC(F)(F)CN1C. The number of alkyl halides is 2. The van der Waals surface area contributed by atoms with Gasteiger partial charge in [0.15, 0.2) is 0 Å². The van der Waals surface area contributed by atoms with Crippen molar-refractivity contribution in [3.05, 3.63) is 0 Å². The van der Waals surface area contributed by atoms with Gasteiger partial charge in [0.25, 0.3) is 5.92 Å². The molecule has 0 unspecified atom stereocenters. The number of nitrogens with two attached hydrogens (primary N) is 1. The standard InChI is InChI=1S/C6H11F2N.C5H12N2.C2H6/c1-5-3-6(7,8)4-9(5)2;1-7-4-2-3-5(7)6;1-2/h5H,3-4H2,1-2H3;5H,2-4,6H2,1H3;1-2H3/t2*5-;/m10./s1. The van der Waals surface area contributed by atoms with Crippen molar-refractivity contribution in [3.63, 3.8) is 0 Å². The van der Waals surface area contributed by atoms with Crippen molar-refractivity contribution in [2.24, 2.45) is 5.73 Å². The van der Waals surface area contributed by atoms with Crippen LogP contribution in [0.3, 0.4) is 0 Å². The quantitative estimate of drug-likeness (QED) is 0.730. The van der Waals surface area contributed by atoms with Crippen LogP contribution in [0, 0.1) is 0 Å². The lowest BCUT2D eigenvalue weighted by Gasteiger charge is -2.12. The summed E-state index contributed by atoms with van der Waals surface area (Å²) in [6.07, 6.45) is 2.82. The van der Waals surface area contributed by atoms with E-state index >= 15 is 0 Å². The highest BCUT2D eigenvalue weighted by Crippen LogP contribution is 2.29. The molecule has 2 rings (SSSR count). The van der Waals surface area contributed by atoms with Crippen LogP contribution in [-0.4, -0.2) is 55.1 Å². The summed E-state index contributed by atoms with van der Waals surface area (Å²) in [5, 5.41) is 0. The third kappa shape index (κ3) is 6.07. The molecule has 0 radical (unpaired) electrons. The summed E-state index contributed by atoms with van der Waals surface area (Å²) in [6, 6.07) is 0.0417. The Kier molecular flexibility index (Phi) is 7.90. The Morgan fingerprint density at radius 1 is 1.17 bits per heavy atom. The second-order valence-electron chi connectivity index (χ2n) is 5.01. The van der Waals surface area contributed by atoms with Crippen molar-refractivity contribution < 1.29 is 8.78 Å². The first-order valence-electron chi connectivity index (χ1n) is 6.86. The van der Waals surface area contributed by atoms with Gasteiger partial charge in [0.1, 0.15) is 0 Å². The second kappa shape index (κ2) is 8.02.